The first kappa shape index (κ1) is 27.2. The highest BCUT2D eigenvalue weighted by Crippen LogP contribution is 2.34. The molecule has 0 spiro atoms. The summed E-state index contributed by atoms with van der Waals surface area (Å²) in [5.41, 5.74) is 10.8. The van der Waals surface area contributed by atoms with Gasteiger partial charge in [0.1, 0.15) is 17.4 Å². The Balaban J connectivity index is 1.61. The van der Waals surface area contributed by atoms with Gasteiger partial charge in [0.05, 0.1) is 19.2 Å². The predicted molar refractivity (Wildman–Crippen MR) is 157 cm³/mol. The molecule has 0 aliphatic heterocycles. The van der Waals surface area contributed by atoms with E-state index in [1.165, 1.54) is 13.2 Å². The molecule has 5 rings (SSSR count). The van der Waals surface area contributed by atoms with Crippen LogP contribution < -0.4 is 15.8 Å². The number of amidine groups is 1. The van der Waals surface area contributed by atoms with Crippen molar-refractivity contribution in [2.24, 2.45) is 5.73 Å². The van der Waals surface area contributed by atoms with Crippen LogP contribution in [0.25, 0.3) is 22.0 Å². The third kappa shape index (κ3) is 5.53. The van der Waals surface area contributed by atoms with E-state index in [0.29, 0.717) is 40.2 Å². The number of carboxylic acid groups (broad SMARTS) is 1. The highest BCUT2D eigenvalue weighted by molar-refractivity contribution is 6.01. The van der Waals surface area contributed by atoms with E-state index < -0.39 is 5.97 Å². The summed E-state index contributed by atoms with van der Waals surface area (Å²) in [6.45, 7) is 2.99. The molecule has 10 heteroatoms. The standard InChI is InChI=1S/C31H30N6O4/c1-3-37-17-21(23-8-6-19(29(32)33)14-27(23)37)12-18-4-5-20(30(38)36-16-28-34-10-11-35-28)13-25(18)24-9-7-22(41-2)15-26(24)31(39)40/h4-11,13-15,17H,3,12,16H2,1-2H3,(H3,32,33)(H,34,35)(H,36,38)(H,39,40). The molecular weight excluding hydrogens is 520 g/mol. The Hall–Kier alpha value is -5.38. The van der Waals surface area contributed by atoms with E-state index in [9.17, 15) is 14.7 Å². The van der Waals surface area contributed by atoms with Crippen molar-refractivity contribution < 1.29 is 19.4 Å². The van der Waals surface area contributed by atoms with Crippen molar-refractivity contribution in [3.05, 3.63) is 107 Å². The molecule has 0 aliphatic rings. The molecular formula is C31H30N6O4. The van der Waals surface area contributed by atoms with E-state index in [-0.39, 0.29) is 23.9 Å². The fourth-order valence-electron chi connectivity index (χ4n) is 4.99. The molecule has 0 saturated heterocycles. The van der Waals surface area contributed by atoms with E-state index in [2.05, 4.69) is 26.0 Å². The first-order valence-electron chi connectivity index (χ1n) is 13.1. The highest BCUT2D eigenvalue weighted by atomic mass is 16.5. The highest BCUT2D eigenvalue weighted by Gasteiger charge is 2.20. The molecule has 6 N–H and O–H groups in total. The number of benzene rings is 3. The van der Waals surface area contributed by atoms with E-state index in [0.717, 1.165) is 28.6 Å². The SMILES string of the molecule is CCn1cc(Cc2ccc(C(=O)NCc3ncc[nH]3)cc2-c2ccc(OC)cc2C(=O)O)c2ccc(C(=N)N)cc21. The summed E-state index contributed by atoms with van der Waals surface area (Å²) in [5, 5.41) is 21.8. The maximum absolute atomic E-state index is 13.1. The number of nitrogens with one attached hydrogen (secondary N) is 3. The number of hydrogen-bond donors (Lipinski definition) is 5. The Morgan fingerprint density at radius 2 is 1.88 bits per heavy atom. The van der Waals surface area contributed by atoms with Gasteiger partial charge in [-0.3, -0.25) is 10.2 Å². The summed E-state index contributed by atoms with van der Waals surface area (Å²) < 4.78 is 7.38. The van der Waals surface area contributed by atoms with Crippen molar-refractivity contribution in [3.8, 4) is 16.9 Å². The van der Waals surface area contributed by atoms with Crippen LogP contribution >= 0.6 is 0 Å². The number of carboxylic acids is 1. The molecule has 0 radical (unpaired) electrons. The number of nitrogens with two attached hydrogens (primary N) is 1. The van der Waals surface area contributed by atoms with Crippen LogP contribution in [0.15, 0.2) is 73.2 Å². The maximum Gasteiger partial charge on any atom is 0.336 e. The van der Waals surface area contributed by atoms with Gasteiger partial charge in [-0.05, 0) is 65.6 Å². The van der Waals surface area contributed by atoms with Crippen LogP contribution in [0.2, 0.25) is 0 Å². The number of aromatic nitrogens is 3. The number of rotatable bonds is 10. The molecule has 0 saturated carbocycles. The Kier molecular flexibility index (Phi) is 7.55. The second-order valence-corrected chi connectivity index (χ2v) is 9.57. The lowest BCUT2D eigenvalue weighted by Gasteiger charge is -2.15. The Morgan fingerprint density at radius 1 is 1.07 bits per heavy atom. The molecule has 0 unspecified atom stereocenters. The maximum atomic E-state index is 13.1. The monoisotopic (exact) mass is 550 g/mol. The van der Waals surface area contributed by atoms with Gasteiger partial charge in [0.2, 0.25) is 0 Å². The number of imidazole rings is 1. The lowest BCUT2D eigenvalue weighted by molar-refractivity contribution is 0.0697. The van der Waals surface area contributed by atoms with Gasteiger partial charge >= 0.3 is 5.97 Å². The van der Waals surface area contributed by atoms with Crippen LogP contribution in [-0.4, -0.2) is 44.5 Å². The number of fused-ring (bicyclic) bond motifs is 1. The van der Waals surface area contributed by atoms with Gasteiger partial charge in [0.25, 0.3) is 5.91 Å². The van der Waals surface area contributed by atoms with Crippen LogP contribution in [0.5, 0.6) is 5.75 Å². The number of H-pyrrole nitrogens is 1. The van der Waals surface area contributed by atoms with Gasteiger partial charge in [-0.25, -0.2) is 9.78 Å². The third-order valence-corrected chi connectivity index (χ3v) is 7.09. The van der Waals surface area contributed by atoms with Crippen LogP contribution in [0, 0.1) is 5.41 Å². The molecule has 0 aliphatic carbocycles. The Morgan fingerprint density at radius 3 is 2.56 bits per heavy atom. The zero-order valence-corrected chi connectivity index (χ0v) is 22.7. The molecule has 2 aromatic heterocycles. The van der Waals surface area contributed by atoms with Crippen molar-refractivity contribution in [1.82, 2.24) is 19.9 Å². The number of nitrogens with zero attached hydrogens (tertiary/aromatic N) is 2. The molecule has 5 aromatic rings. The van der Waals surface area contributed by atoms with E-state index in [1.54, 1.807) is 36.7 Å². The summed E-state index contributed by atoms with van der Waals surface area (Å²) in [6, 6.07) is 15.9. The quantitative estimate of drug-likeness (QED) is 0.127. The van der Waals surface area contributed by atoms with Gasteiger partial charge in [0, 0.05) is 53.6 Å². The average Bonchev–Trinajstić information content (AvgIpc) is 3.63. The van der Waals surface area contributed by atoms with Gasteiger partial charge in [-0.15, -0.1) is 0 Å². The fraction of sp³-hybridized carbons (Fsp3) is 0.161. The van der Waals surface area contributed by atoms with Gasteiger partial charge in [0.15, 0.2) is 0 Å². The Bertz CT molecular complexity index is 1770. The van der Waals surface area contributed by atoms with Gasteiger partial charge in [-0.2, -0.15) is 0 Å². The lowest BCUT2D eigenvalue weighted by Crippen LogP contribution is -2.23. The topological polar surface area (TPSA) is 159 Å². The first-order chi connectivity index (χ1) is 19.8. The number of aromatic amines is 1. The molecule has 0 fully saturated rings. The second-order valence-electron chi connectivity index (χ2n) is 9.57. The average molecular weight is 551 g/mol. The van der Waals surface area contributed by atoms with Crippen LogP contribution in [-0.2, 0) is 19.5 Å². The van der Waals surface area contributed by atoms with Crippen LogP contribution in [0.4, 0.5) is 0 Å². The predicted octanol–water partition coefficient (Wildman–Crippen LogP) is 4.56. The number of carbonyl (C=O) groups is 2. The van der Waals surface area contributed by atoms with Crippen molar-refractivity contribution in [2.75, 3.05) is 7.11 Å². The van der Waals surface area contributed by atoms with E-state index in [4.69, 9.17) is 15.9 Å². The number of methoxy groups -OCH3 is 1. The minimum absolute atomic E-state index is 0.00112. The normalized spacial score (nSPS) is 11.0. The first-order valence-corrected chi connectivity index (χ1v) is 13.1. The van der Waals surface area contributed by atoms with Crippen LogP contribution in [0.1, 0.15) is 50.2 Å². The van der Waals surface area contributed by atoms with E-state index in [1.807, 2.05) is 31.2 Å². The molecule has 0 atom stereocenters. The summed E-state index contributed by atoms with van der Waals surface area (Å²) in [5.74, 6) is -0.358. The van der Waals surface area contributed by atoms with Gasteiger partial charge in [-0.1, -0.05) is 18.2 Å². The summed E-state index contributed by atoms with van der Waals surface area (Å²) in [7, 11) is 1.48. The van der Waals surface area contributed by atoms with Crippen LogP contribution in [0.3, 0.4) is 0 Å². The third-order valence-electron chi connectivity index (χ3n) is 7.09. The molecule has 10 nitrogen and oxygen atoms in total. The van der Waals surface area contributed by atoms with E-state index >= 15 is 0 Å². The molecule has 3 aromatic carbocycles. The summed E-state index contributed by atoms with van der Waals surface area (Å²) in [6.07, 6.45) is 5.84. The molecule has 2 heterocycles. The number of nitrogen functional groups attached to an aromatic ring is 1. The molecule has 208 valence electrons. The summed E-state index contributed by atoms with van der Waals surface area (Å²) in [4.78, 5) is 32.5. The fourth-order valence-corrected chi connectivity index (χ4v) is 4.99. The number of ether oxygens (including phenoxy) is 1. The number of hydrogen-bond acceptors (Lipinski definition) is 5. The minimum atomic E-state index is -1.10. The smallest absolute Gasteiger partial charge is 0.336 e. The largest absolute Gasteiger partial charge is 0.497 e. The zero-order chi connectivity index (χ0) is 29.1. The lowest BCUT2D eigenvalue weighted by atomic mass is 9.90. The summed E-state index contributed by atoms with van der Waals surface area (Å²) >= 11 is 0. The number of aromatic carboxylic acids is 1. The Labute approximate surface area is 236 Å². The molecule has 41 heavy (non-hydrogen) atoms. The second kappa shape index (κ2) is 11.4. The molecule has 0 bridgehead atoms. The molecule has 1 amide bonds. The van der Waals surface area contributed by atoms with Crippen molar-refractivity contribution >= 4 is 28.6 Å². The number of carbonyl (C=O) groups excluding carboxylic acids is 1. The number of amides is 1. The zero-order valence-electron chi connectivity index (χ0n) is 22.7. The number of aryl methyl sites for hydroxylation is 1. The van der Waals surface area contributed by atoms with Crippen molar-refractivity contribution in [3.63, 3.8) is 0 Å². The van der Waals surface area contributed by atoms with Crippen molar-refractivity contribution in [2.45, 2.75) is 26.4 Å². The van der Waals surface area contributed by atoms with Gasteiger partial charge < -0.3 is 30.4 Å². The van der Waals surface area contributed by atoms with Crippen molar-refractivity contribution in [1.29, 1.82) is 5.41 Å². The minimum Gasteiger partial charge on any atom is -0.497 e.